The summed E-state index contributed by atoms with van der Waals surface area (Å²) in [7, 11) is 0. The van der Waals surface area contributed by atoms with E-state index in [0.29, 0.717) is 0 Å². The summed E-state index contributed by atoms with van der Waals surface area (Å²) in [4.78, 5) is 3.03. The van der Waals surface area contributed by atoms with Crippen LogP contribution in [0.2, 0.25) is 0 Å². The summed E-state index contributed by atoms with van der Waals surface area (Å²) in [5.74, 6) is 0. The van der Waals surface area contributed by atoms with E-state index in [-0.39, 0.29) is 0 Å². The summed E-state index contributed by atoms with van der Waals surface area (Å²) in [6.07, 6.45) is 4.55. The van der Waals surface area contributed by atoms with E-state index in [9.17, 15) is 0 Å². The van der Waals surface area contributed by atoms with Gasteiger partial charge in [0.15, 0.2) is 11.9 Å². The van der Waals surface area contributed by atoms with E-state index in [1.807, 2.05) is 31.3 Å². The molecule has 0 unspecified atom stereocenters. The van der Waals surface area contributed by atoms with Crippen LogP contribution in [0.5, 0.6) is 0 Å². The monoisotopic (exact) mass is 152 g/mol. The van der Waals surface area contributed by atoms with Gasteiger partial charge in [0.1, 0.15) is 0 Å². The Morgan fingerprint density at radius 2 is 1.82 bits per heavy atom. The van der Waals surface area contributed by atoms with Gasteiger partial charge in [0.25, 0.3) is 0 Å². The van der Waals surface area contributed by atoms with E-state index in [2.05, 4.69) is 18.8 Å². The molecule has 0 saturated carbocycles. The summed E-state index contributed by atoms with van der Waals surface area (Å²) in [5, 5.41) is 0. The molecule has 0 saturated heterocycles. The van der Waals surface area contributed by atoms with Crippen molar-refractivity contribution < 1.29 is 4.98 Å². The van der Waals surface area contributed by atoms with Gasteiger partial charge in [-0.25, -0.2) is 4.98 Å². The lowest BCUT2D eigenvalue weighted by atomic mass is 10.4. The Labute approximate surface area is 69.5 Å². The van der Waals surface area contributed by atoms with Crippen molar-refractivity contribution in [3.63, 3.8) is 0 Å². The second-order valence-electron chi connectivity index (χ2n) is 2.55. The quantitative estimate of drug-likeness (QED) is 0.587. The highest BCUT2D eigenvalue weighted by atomic mass is 14.6. The topological polar surface area (TPSA) is 14.1 Å². The average Bonchev–Trinajstić information content (AvgIpc) is 2.07. The summed E-state index contributed by atoms with van der Waals surface area (Å²) in [5.41, 5.74) is 1.20. The minimum atomic E-state index is 1.20. The third-order valence-corrected chi connectivity index (χ3v) is 1.36. The van der Waals surface area contributed by atoms with Crippen molar-refractivity contribution >= 4 is 0 Å². The molecule has 62 valence electrons. The normalized spacial score (nSPS) is 8.27. The zero-order chi connectivity index (χ0) is 8.53. The van der Waals surface area contributed by atoms with Gasteiger partial charge in [-0.3, -0.25) is 0 Å². The zero-order valence-electron chi connectivity index (χ0n) is 7.72. The van der Waals surface area contributed by atoms with Gasteiger partial charge < -0.3 is 0 Å². The molecule has 0 aliphatic carbocycles. The number of hydrogen-bond acceptors (Lipinski definition) is 0. The maximum Gasteiger partial charge on any atom is 0.176 e. The van der Waals surface area contributed by atoms with Crippen LogP contribution in [0.25, 0.3) is 0 Å². The Balaban J connectivity index is 0.000000218. The summed E-state index contributed by atoms with van der Waals surface area (Å²) >= 11 is 0. The smallest absolute Gasteiger partial charge is 0.176 e. The fourth-order valence-electron chi connectivity index (χ4n) is 0.483. The number of pyridine rings is 1. The van der Waals surface area contributed by atoms with Crippen LogP contribution >= 0.6 is 0 Å². The molecule has 1 N–H and O–H groups in total. The van der Waals surface area contributed by atoms with E-state index in [4.69, 9.17) is 0 Å². The first-order valence-corrected chi connectivity index (χ1v) is 4.24. The molecular weight excluding hydrogens is 134 g/mol. The third kappa shape index (κ3) is 7.04. The van der Waals surface area contributed by atoms with Gasteiger partial charge >= 0.3 is 0 Å². The molecule has 0 radical (unpaired) electrons. The number of unbranched alkanes of at least 4 members (excludes halogenated alkanes) is 1. The molecule has 1 nitrogen and oxygen atoms in total. The fraction of sp³-hybridized carbons (Fsp3) is 0.500. The van der Waals surface area contributed by atoms with Crippen molar-refractivity contribution in [3.05, 3.63) is 30.1 Å². The largest absolute Gasteiger partial charge is 0.215 e. The second-order valence-corrected chi connectivity index (χ2v) is 2.55. The van der Waals surface area contributed by atoms with Crippen LogP contribution in [0.3, 0.4) is 0 Å². The van der Waals surface area contributed by atoms with Crippen molar-refractivity contribution in [3.8, 4) is 0 Å². The predicted molar refractivity (Wildman–Crippen MR) is 48.3 cm³/mol. The Hall–Kier alpha value is -0.850. The SMILES string of the molecule is CCCC.Cc1cccc[nH+]1. The molecule has 0 fully saturated rings. The number of aromatic amines is 1. The van der Waals surface area contributed by atoms with Gasteiger partial charge in [0.2, 0.25) is 0 Å². The van der Waals surface area contributed by atoms with E-state index >= 15 is 0 Å². The molecule has 1 heteroatoms. The Bertz CT molecular complexity index is 156. The van der Waals surface area contributed by atoms with Crippen LogP contribution in [0.4, 0.5) is 0 Å². The fourth-order valence-corrected chi connectivity index (χ4v) is 0.483. The highest BCUT2D eigenvalue weighted by Crippen LogP contribution is 1.80. The summed E-state index contributed by atoms with van der Waals surface area (Å²) < 4.78 is 0. The number of hydrogen-bond donors (Lipinski definition) is 0. The first-order chi connectivity index (χ1) is 5.31. The van der Waals surface area contributed by atoms with Crippen molar-refractivity contribution in [1.82, 2.24) is 0 Å². The highest BCUT2D eigenvalue weighted by Gasteiger charge is 1.81. The number of aromatic nitrogens is 1. The molecule has 0 aliphatic rings. The molecule has 0 spiro atoms. The maximum absolute atomic E-state index is 3.03. The molecule has 11 heavy (non-hydrogen) atoms. The minimum Gasteiger partial charge on any atom is -0.215 e. The van der Waals surface area contributed by atoms with Crippen LogP contribution in [-0.4, -0.2) is 0 Å². The van der Waals surface area contributed by atoms with Gasteiger partial charge in [0, 0.05) is 19.1 Å². The Kier molecular flexibility index (Phi) is 6.70. The highest BCUT2D eigenvalue weighted by molar-refractivity contribution is 4.92. The van der Waals surface area contributed by atoms with Crippen molar-refractivity contribution in [2.24, 2.45) is 0 Å². The first kappa shape index (κ1) is 10.2. The number of rotatable bonds is 1. The van der Waals surface area contributed by atoms with E-state index < -0.39 is 0 Å². The van der Waals surface area contributed by atoms with E-state index in [0.717, 1.165) is 0 Å². The standard InChI is InChI=1S/C6H7N.C4H10/c1-6-4-2-3-5-7-6;1-3-4-2/h2-5H,1H3;3-4H2,1-2H3/p+1. The molecule has 1 aromatic rings. The summed E-state index contributed by atoms with van der Waals surface area (Å²) in [6, 6.07) is 6.00. The van der Waals surface area contributed by atoms with Crippen molar-refractivity contribution in [2.45, 2.75) is 33.6 Å². The number of aryl methyl sites for hydroxylation is 1. The molecule has 0 aliphatic heterocycles. The zero-order valence-corrected chi connectivity index (χ0v) is 7.72. The molecule has 0 aromatic carbocycles. The van der Waals surface area contributed by atoms with Crippen LogP contribution in [0.15, 0.2) is 24.4 Å². The molecule has 1 aromatic heterocycles. The van der Waals surface area contributed by atoms with Gasteiger partial charge in [-0.05, 0) is 0 Å². The molecular formula is C10H18N+. The lowest BCUT2D eigenvalue weighted by Gasteiger charge is -1.74. The Morgan fingerprint density at radius 1 is 1.18 bits per heavy atom. The predicted octanol–water partition coefficient (Wildman–Crippen LogP) is 2.62. The second kappa shape index (κ2) is 7.26. The van der Waals surface area contributed by atoms with E-state index in [1.54, 1.807) is 0 Å². The summed E-state index contributed by atoms with van der Waals surface area (Å²) in [6.45, 7) is 6.39. The molecule has 1 rings (SSSR count). The maximum atomic E-state index is 3.03. The average molecular weight is 152 g/mol. The molecule has 0 atom stereocenters. The first-order valence-electron chi connectivity index (χ1n) is 4.24. The van der Waals surface area contributed by atoms with Gasteiger partial charge in [-0.1, -0.05) is 32.8 Å². The van der Waals surface area contributed by atoms with Crippen LogP contribution in [-0.2, 0) is 0 Å². The van der Waals surface area contributed by atoms with E-state index in [1.165, 1.54) is 18.5 Å². The van der Waals surface area contributed by atoms with Crippen molar-refractivity contribution in [2.75, 3.05) is 0 Å². The minimum absolute atomic E-state index is 1.20. The molecule has 0 bridgehead atoms. The number of H-pyrrole nitrogens is 1. The lowest BCUT2D eigenvalue weighted by molar-refractivity contribution is -0.387. The third-order valence-electron chi connectivity index (χ3n) is 1.36. The van der Waals surface area contributed by atoms with Gasteiger partial charge in [-0.15, -0.1) is 0 Å². The molecule has 1 heterocycles. The van der Waals surface area contributed by atoms with Crippen LogP contribution in [0.1, 0.15) is 32.4 Å². The van der Waals surface area contributed by atoms with Crippen molar-refractivity contribution in [1.29, 1.82) is 0 Å². The number of nitrogens with one attached hydrogen (secondary N) is 1. The Morgan fingerprint density at radius 3 is 2.00 bits per heavy atom. The molecule has 0 amide bonds. The van der Waals surface area contributed by atoms with Crippen LogP contribution < -0.4 is 4.98 Å². The van der Waals surface area contributed by atoms with Crippen LogP contribution in [0, 0.1) is 6.92 Å². The van der Waals surface area contributed by atoms with Gasteiger partial charge in [-0.2, -0.15) is 0 Å². The lowest BCUT2D eigenvalue weighted by Crippen LogP contribution is -2.02. The van der Waals surface area contributed by atoms with Gasteiger partial charge in [0.05, 0.1) is 0 Å².